The zero-order chi connectivity index (χ0) is 18.4. The van der Waals surface area contributed by atoms with Crippen molar-refractivity contribution in [1.29, 1.82) is 0 Å². The Hall–Kier alpha value is -1.65. The van der Waals surface area contributed by atoms with E-state index in [1.54, 1.807) is 24.8 Å². The number of non-ortho nitro benzene ring substituents is 1. The molecule has 25 heavy (non-hydrogen) atoms. The Labute approximate surface area is 158 Å². The molecular weight excluding hydrogens is 380 g/mol. The summed E-state index contributed by atoms with van der Waals surface area (Å²) in [6, 6.07) is 4.35. The third kappa shape index (κ3) is 6.29. The number of carbonyl (C=O) groups excluding carboxylic acids is 1. The third-order valence-electron chi connectivity index (χ3n) is 2.95. The number of thioether (sulfide) groups is 2. The molecule has 7 nitrogen and oxygen atoms in total. The molecule has 1 amide bonds. The lowest BCUT2D eigenvalue weighted by Crippen LogP contribution is -2.14. The molecule has 0 spiro atoms. The molecule has 0 fully saturated rings. The summed E-state index contributed by atoms with van der Waals surface area (Å²) in [6.45, 7) is 6.02. The average Bonchev–Trinajstić information content (AvgIpc) is 3.00. The summed E-state index contributed by atoms with van der Waals surface area (Å²) in [7, 11) is 0. The number of aryl methyl sites for hydroxylation is 1. The first-order valence-corrected chi connectivity index (χ1v) is 10.3. The van der Waals surface area contributed by atoms with Crippen LogP contribution in [0.15, 0.2) is 26.9 Å². The third-order valence-corrected chi connectivity index (χ3v) is 6.57. The molecule has 0 saturated heterocycles. The number of rotatable bonds is 8. The number of amides is 1. The Morgan fingerprint density at radius 1 is 1.32 bits per heavy atom. The van der Waals surface area contributed by atoms with E-state index in [0.29, 0.717) is 17.2 Å². The molecule has 1 N–H and O–H groups in total. The van der Waals surface area contributed by atoms with Gasteiger partial charge in [-0.25, -0.2) is 0 Å². The van der Waals surface area contributed by atoms with E-state index in [4.69, 9.17) is 0 Å². The van der Waals surface area contributed by atoms with Crippen LogP contribution in [0.5, 0.6) is 0 Å². The molecule has 0 aliphatic rings. The highest BCUT2D eigenvalue weighted by molar-refractivity contribution is 8.03. The van der Waals surface area contributed by atoms with Crippen molar-refractivity contribution in [2.24, 2.45) is 5.92 Å². The molecule has 0 bridgehead atoms. The van der Waals surface area contributed by atoms with Gasteiger partial charge in [0.2, 0.25) is 5.91 Å². The Bertz CT molecular complexity index is 764. The van der Waals surface area contributed by atoms with Gasteiger partial charge in [0.15, 0.2) is 8.68 Å². The summed E-state index contributed by atoms with van der Waals surface area (Å²) in [6.07, 6.45) is 0. The Kier molecular flexibility index (Phi) is 7.21. The van der Waals surface area contributed by atoms with E-state index >= 15 is 0 Å². The van der Waals surface area contributed by atoms with Crippen LogP contribution in [0.25, 0.3) is 0 Å². The van der Waals surface area contributed by atoms with Crippen LogP contribution >= 0.6 is 34.9 Å². The fourth-order valence-electron chi connectivity index (χ4n) is 1.77. The minimum Gasteiger partial charge on any atom is -0.325 e. The van der Waals surface area contributed by atoms with Gasteiger partial charge in [0.05, 0.1) is 10.7 Å². The first kappa shape index (κ1) is 19.7. The van der Waals surface area contributed by atoms with Gasteiger partial charge < -0.3 is 5.32 Å². The Morgan fingerprint density at radius 2 is 2.00 bits per heavy atom. The van der Waals surface area contributed by atoms with Crippen molar-refractivity contribution in [2.45, 2.75) is 29.5 Å². The van der Waals surface area contributed by atoms with Crippen molar-refractivity contribution in [3.05, 3.63) is 33.9 Å². The Balaban J connectivity index is 1.85. The van der Waals surface area contributed by atoms with Crippen LogP contribution in [0.2, 0.25) is 0 Å². The minimum atomic E-state index is -0.460. The molecular formula is C15H18N4O3S3. The van der Waals surface area contributed by atoms with Gasteiger partial charge >= 0.3 is 0 Å². The summed E-state index contributed by atoms with van der Waals surface area (Å²) in [5.41, 5.74) is 1.22. The quantitative estimate of drug-likeness (QED) is 0.403. The van der Waals surface area contributed by atoms with E-state index in [1.807, 2.05) is 0 Å². The van der Waals surface area contributed by atoms with E-state index in [1.165, 1.54) is 35.2 Å². The molecule has 1 aromatic heterocycles. The SMILES string of the molecule is Cc1cc([N+](=O)[O-])ccc1NC(=O)CSc1nnc(SCC(C)C)s1. The number of carbonyl (C=O) groups is 1. The number of nitro groups is 1. The predicted molar refractivity (Wildman–Crippen MR) is 103 cm³/mol. The number of nitrogens with one attached hydrogen (secondary N) is 1. The summed E-state index contributed by atoms with van der Waals surface area (Å²) >= 11 is 4.48. The molecule has 1 heterocycles. The molecule has 1 aromatic carbocycles. The lowest BCUT2D eigenvalue weighted by Gasteiger charge is -2.07. The van der Waals surface area contributed by atoms with Gasteiger partial charge in [-0.15, -0.1) is 10.2 Å². The molecule has 0 radical (unpaired) electrons. The molecule has 0 atom stereocenters. The van der Waals surface area contributed by atoms with Crippen LogP contribution in [-0.2, 0) is 4.79 Å². The lowest BCUT2D eigenvalue weighted by atomic mass is 10.2. The highest BCUT2D eigenvalue weighted by Crippen LogP contribution is 2.30. The normalized spacial score (nSPS) is 10.9. The van der Waals surface area contributed by atoms with Crippen LogP contribution < -0.4 is 5.32 Å². The number of hydrogen-bond donors (Lipinski definition) is 1. The zero-order valence-electron chi connectivity index (χ0n) is 14.0. The molecule has 0 saturated carbocycles. The fraction of sp³-hybridized carbons (Fsp3) is 0.400. The number of benzene rings is 1. The first-order chi connectivity index (χ1) is 11.8. The van der Waals surface area contributed by atoms with Crippen molar-refractivity contribution in [3.8, 4) is 0 Å². The molecule has 2 rings (SSSR count). The second-order valence-electron chi connectivity index (χ2n) is 5.63. The van der Waals surface area contributed by atoms with Gasteiger partial charge in [-0.3, -0.25) is 14.9 Å². The van der Waals surface area contributed by atoms with E-state index in [2.05, 4.69) is 29.4 Å². The van der Waals surface area contributed by atoms with Crippen LogP contribution in [0.3, 0.4) is 0 Å². The van der Waals surface area contributed by atoms with Gasteiger partial charge in [-0.05, 0) is 24.5 Å². The van der Waals surface area contributed by atoms with Gasteiger partial charge in [-0.2, -0.15) is 0 Å². The average molecular weight is 399 g/mol. The summed E-state index contributed by atoms with van der Waals surface area (Å²) < 4.78 is 1.66. The van der Waals surface area contributed by atoms with Crippen molar-refractivity contribution in [3.63, 3.8) is 0 Å². The molecule has 0 aliphatic carbocycles. The first-order valence-electron chi connectivity index (χ1n) is 7.49. The molecule has 0 aliphatic heterocycles. The number of nitrogens with zero attached hydrogens (tertiary/aromatic N) is 3. The molecule has 10 heteroatoms. The van der Waals surface area contributed by atoms with Crippen molar-refractivity contribution >= 4 is 52.1 Å². The predicted octanol–water partition coefficient (Wildman–Crippen LogP) is 4.23. The van der Waals surface area contributed by atoms with Gasteiger partial charge in [0.1, 0.15) is 0 Å². The fourth-order valence-corrected chi connectivity index (χ4v) is 4.56. The summed E-state index contributed by atoms with van der Waals surface area (Å²) in [4.78, 5) is 22.3. The van der Waals surface area contributed by atoms with Crippen LogP contribution in [0.4, 0.5) is 11.4 Å². The van der Waals surface area contributed by atoms with E-state index in [-0.39, 0.29) is 17.3 Å². The number of nitro benzene ring substituents is 1. The molecule has 0 unspecified atom stereocenters. The van der Waals surface area contributed by atoms with E-state index in [9.17, 15) is 14.9 Å². The van der Waals surface area contributed by atoms with Crippen LogP contribution in [-0.4, -0.2) is 32.5 Å². The van der Waals surface area contributed by atoms with Crippen LogP contribution in [0, 0.1) is 23.0 Å². The highest BCUT2D eigenvalue weighted by Gasteiger charge is 2.12. The number of hydrogen-bond acceptors (Lipinski definition) is 8. The van der Waals surface area contributed by atoms with Crippen molar-refractivity contribution in [2.75, 3.05) is 16.8 Å². The monoisotopic (exact) mass is 398 g/mol. The standard InChI is InChI=1S/C15H18N4O3S3/c1-9(2)7-23-14-17-18-15(25-14)24-8-13(20)16-12-5-4-11(19(21)22)6-10(12)3/h4-6,9H,7-8H2,1-3H3,(H,16,20). The van der Waals surface area contributed by atoms with Gasteiger partial charge in [0, 0.05) is 23.6 Å². The van der Waals surface area contributed by atoms with Gasteiger partial charge in [-0.1, -0.05) is 48.7 Å². The number of aromatic nitrogens is 2. The maximum Gasteiger partial charge on any atom is 0.269 e. The summed E-state index contributed by atoms with van der Waals surface area (Å²) in [5, 5.41) is 21.7. The number of anilines is 1. The topological polar surface area (TPSA) is 98.0 Å². The van der Waals surface area contributed by atoms with E-state index in [0.717, 1.165) is 14.4 Å². The van der Waals surface area contributed by atoms with Crippen molar-refractivity contribution in [1.82, 2.24) is 10.2 Å². The Morgan fingerprint density at radius 3 is 2.60 bits per heavy atom. The van der Waals surface area contributed by atoms with E-state index < -0.39 is 4.92 Å². The largest absolute Gasteiger partial charge is 0.325 e. The maximum absolute atomic E-state index is 12.1. The smallest absolute Gasteiger partial charge is 0.269 e. The minimum absolute atomic E-state index is 0.00478. The van der Waals surface area contributed by atoms with Gasteiger partial charge in [0.25, 0.3) is 5.69 Å². The highest BCUT2D eigenvalue weighted by atomic mass is 32.2. The second kappa shape index (κ2) is 9.16. The molecule has 134 valence electrons. The van der Waals surface area contributed by atoms with Crippen molar-refractivity contribution < 1.29 is 9.72 Å². The molecule has 2 aromatic rings. The van der Waals surface area contributed by atoms with Crippen LogP contribution in [0.1, 0.15) is 19.4 Å². The lowest BCUT2D eigenvalue weighted by molar-refractivity contribution is -0.384. The zero-order valence-corrected chi connectivity index (χ0v) is 16.5. The summed E-state index contributed by atoms with van der Waals surface area (Å²) in [5.74, 6) is 1.59. The maximum atomic E-state index is 12.1. The second-order valence-corrected chi connectivity index (χ2v) is 9.10.